The summed E-state index contributed by atoms with van der Waals surface area (Å²) in [6.45, 7) is 5.56. The third kappa shape index (κ3) is 3.65. The van der Waals surface area contributed by atoms with Crippen molar-refractivity contribution in [1.82, 2.24) is 5.32 Å². The van der Waals surface area contributed by atoms with Crippen LogP contribution < -0.4 is 5.32 Å². The van der Waals surface area contributed by atoms with E-state index in [9.17, 15) is 0 Å². The molecule has 1 aliphatic rings. The fourth-order valence-electron chi connectivity index (χ4n) is 2.04. The molecular weight excluding hydrogens is 162 g/mol. The van der Waals surface area contributed by atoms with E-state index >= 15 is 0 Å². The molecule has 0 heterocycles. The summed E-state index contributed by atoms with van der Waals surface area (Å²) in [6, 6.07) is 0. The average Bonchev–Trinajstić information content (AvgIpc) is 2.01. The Morgan fingerprint density at radius 3 is 2.69 bits per heavy atom. The Kier molecular flexibility index (Phi) is 4.74. The zero-order valence-corrected chi connectivity index (χ0v) is 9.18. The fraction of sp³-hybridized carbons (Fsp3) is 1.00. The van der Waals surface area contributed by atoms with Gasteiger partial charge in [-0.25, -0.2) is 0 Å². The molecule has 1 aliphatic carbocycles. The second kappa shape index (κ2) is 5.61. The molecule has 2 heteroatoms. The molecule has 0 radical (unpaired) electrons. The van der Waals surface area contributed by atoms with Gasteiger partial charge in [-0.05, 0) is 45.7 Å². The number of rotatable bonds is 6. The minimum absolute atomic E-state index is 0.463. The summed E-state index contributed by atoms with van der Waals surface area (Å²) < 4.78 is 5.88. The molecule has 1 unspecified atom stereocenters. The van der Waals surface area contributed by atoms with Crippen LogP contribution in [0, 0.1) is 5.92 Å². The van der Waals surface area contributed by atoms with Crippen molar-refractivity contribution in [3.05, 3.63) is 0 Å². The minimum Gasteiger partial charge on any atom is -0.375 e. The lowest BCUT2D eigenvalue weighted by atomic mass is 9.82. The van der Waals surface area contributed by atoms with Gasteiger partial charge < -0.3 is 10.1 Å². The quantitative estimate of drug-likeness (QED) is 0.685. The highest BCUT2D eigenvalue weighted by molar-refractivity contribution is 4.81. The van der Waals surface area contributed by atoms with E-state index in [2.05, 4.69) is 19.2 Å². The van der Waals surface area contributed by atoms with Crippen LogP contribution in [-0.2, 0) is 4.74 Å². The predicted octanol–water partition coefficient (Wildman–Crippen LogP) is 2.19. The van der Waals surface area contributed by atoms with E-state index in [1.807, 2.05) is 7.05 Å². The van der Waals surface area contributed by atoms with E-state index in [-0.39, 0.29) is 0 Å². The summed E-state index contributed by atoms with van der Waals surface area (Å²) >= 11 is 0. The maximum atomic E-state index is 5.88. The fourth-order valence-corrected chi connectivity index (χ4v) is 2.04. The van der Waals surface area contributed by atoms with Gasteiger partial charge >= 0.3 is 0 Å². The summed E-state index contributed by atoms with van der Waals surface area (Å²) in [5, 5.41) is 3.21. The van der Waals surface area contributed by atoms with Gasteiger partial charge in [0.05, 0.1) is 12.2 Å². The van der Waals surface area contributed by atoms with Crippen LogP contribution in [0.15, 0.2) is 0 Å². The Hall–Kier alpha value is -0.0800. The molecule has 2 nitrogen and oxygen atoms in total. The second-order valence-electron chi connectivity index (χ2n) is 4.25. The van der Waals surface area contributed by atoms with Crippen LogP contribution in [0.2, 0.25) is 0 Å². The van der Waals surface area contributed by atoms with Crippen molar-refractivity contribution in [2.24, 2.45) is 5.92 Å². The van der Waals surface area contributed by atoms with Crippen molar-refractivity contribution in [3.63, 3.8) is 0 Å². The zero-order chi connectivity index (χ0) is 9.68. The summed E-state index contributed by atoms with van der Waals surface area (Å²) in [7, 11) is 2.02. The molecule has 78 valence electrons. The van der Waals surface area contributed by atoms with E-state index < -0.39 is 0 Å². The third-order valence-corrected chi connectivity index (χ3v) is 2.81. The molecule has 0 amide bonds. The lowest BCUT2D eigenvalue weighted by Gasteiger charge is -2.36. The van der Waals surface area contributed by atoms with Crippen LogP contribution in [0.5, 0.6) is 0 Å². The van der Waals surface area contributed by atoms with E-state index in [1.54, 1.807) is 0 Å². The monoisotopic (exact) mass is 185 g/mol. The van der Waals surface area contributed by atoms with Crippen LogP contribution in [0.3, 0.4) is 0 Å². The van der Waals surface area contributed by atoms with Gasteiger partial charge in [0.1, 0.15) is 0 Å². The molecule has 1 saturated carbocycles. The van der Waals surface area contributed by atoms with Crippen LogP contribution in [0.4, 0.5) is 0 Å². The largest absolute Gasteiger partial charge is 0.375 e. The van der Waals surface area contributed by atoms with Crippen molar-refractivity contribution in [3.8, 4) is 0 Å². The summed E-state index contributed by atoms with van der Waals surface area (Å²) in [6.07, 6.45) is 5.97. The van der Waals surface area contributed by atoms with Gasteiger partial charge in [-0.1, -0.05) is 13.3 Å². The Balaban J connectivity index is 2.00. The number of hydrogen-bond donors (Lipinski definition) is 1. The molecule has 13 heavy (non-hydrogen) atoms. The highest BCUT2D eigenvalue weighted by atomic mass is 16.5. The number of nitrogens with one attached hydrogen (secondary N) is 1. The second-order valence-corrected chi connectivity index (χ2v) is 4.25. The Labute approximate surface area is 82.0 Å². The SMILES string of the molecule is CCCC(C)OC1CC(CNC)C1. The standard InChI is InChI=1S/C11H23NO/c1-4-5-9(2)13-11-6-10(7-11)8-12-3/h9-12H,4-8H2,1-3H3. The zero-order valence-electron chi connectivity index (χ0n) is 9.18. The van der Waals surface area contributed by atoms with E-state index in [4.69, 9.17) is 4.74 Å². The topological polar surface area (TPSA) is 21.3 Å². The molecule has 1 fully saturated rings. The molecular formula is C11H23NO. The molecule has 1 rings (SSSR count). The predicted molar refractivity (Wildman–Crippen MR) is 55.9 cm³/mol. The minimum atomic E-state index is 0.463. The lowest BCUT2D eigenvalue weighted by Crippen LogP contribution is -2.38. The summed E-state index contributed by atoms with van der Waals surface area (Å²) in [4.78, 5) is 0. The van der Waals surface area contributed by atoms with Crippen LogP contribution >= 0.6 is 0 Å². The molecule has 1 N–H and O–H groups in total. The van der Waals surface area contributed by atoms with Crippen molar-refractivity contribution >= 4 is 0 Å². The molecule has 0 aromatic heterocycles. The highest BCUT2D eigenvalue weighted by Crippen LogP contribution is 2.30. The van der Waals surface area contributed by atoms with Crippen molar-refractivity contribution in [1.29, 1.82) is 0 Å². The molecule has 0 aromatic carbocycles. The smallest absolute Gasteiger partial charge is 0.0585 e. The van der Waals surface area contributed by atoms with E-state index in [0.29, 0.717) is 12.2 Å². The molecule has 1 atom stereocenters. The van der Waals surface area contributed by atoms with Crippen LogP contribution in [0.1, 0.15) is 39.5 Å². The van der Waals surface area contributed by atoms with Gasteiger partial charge in [0.15, 0.2) is 0 Å². The van der Waals surface area contributed by atoms with Gasteiger partial charge in [0.25, 0.3) is 0 Å². The lowest BCUT2D eigenvalue weighted by molar-refractivity contribution is -0.0703. The molecule has 0 aliphatic heterocycles. The number of hydrogen-bond acceptors (Lipinski definition) is 2. The van der Waals surface area contributed by atoms with Gasteiger partial charge in [-0.2, -0.15) is 0 Å². The number of ether oxygens (including phenoxy) is 1. The first-order chi connectivity index (χ1) is 6.26. The molecule has 0 spiro atoms. The molecule has 0 saturated heterocycles. The third-order valence-electron chi connectivity index (χ3n) is 2.81. The summed E-state index contributed by atoms with van der Waals surface area (Å²) in [5.74, 6) is 0.865. The Morgan fingerprint density at radius 2 is 2.15 bits per heavy atom. The van der Waals surface area contributed by atoms with Gasteiger partial charge in [0.2, 0.25) is 0 Å². The Morgan fingerprint density at radius 1 is 1.46 bits per heavy atom. The molecule has 0 aromatic rings. The first kappa shape index (κ1) is 11.0. The maximum Gasteiger partial charge on any atom is 0.0585 e. The van der Waals surface area contributed by atoms with E-state index in [1.165, 1.54) is 25.7 Å². The first-order valence-corrected chi connectivity index (χ1v) is 5.56. The van der Waals surface area contributed by atoms with Gasteiger partial charge in [0, 0.05) is 0 Å². The van der Waals surface area contributed by atoms with Crippen LogP contribution in [-0.4, -0.2) is 25.8 Å². The van der Waals surface area contributed by atoms with Crippen molar-refractivity contribution in [2.45, 2.75) is 51.7 Å². The Bertz CT molecular complexity index is 132. The first-order valence-electron chi connectivity index (χ1n) is 5.56. The van der Waals surface area contributed by atoms with Gasteiger partial charge in [-0.15, -0.1) is 0 Å². The summed E-state index contributed by atoms with van der Waals surface area (Å²) in [5.41, 5.74) is 0. The highest BCUT2D eigenvalue weighted by Gasteiger charge is 2.29. The maximum absolute atomic E-state index is 5.88. The van der Waals surface area contributed by atoms with Crippen molar-refractivity contribution < 1.29 is 4.74 Å². The normalized spacial score (nSPS) is 29.8. The van der Waals surface area contributed by atoms with Gasteiger partial charge in [-0.3, -0.25) is 0 Å². The van der Waals surface area contributed by atoms with Crippen molar-refractivity contribution in [2.75, 3.05) is 13.6 Å². The van der Waals surface area contributed by atoms with E-state index in [0.717, 1.165) is 12.5 Å². The average molecular weight is 185 g/mol. The van der Waals surface area contributed by atoms with Crippen LogP contribution in [0.25, 0.3) is 0 Å². The molecule has 0 bridgehead atoms.